The molecule has 2 aromatic carbocycles. The fourth-order valence-electron chi connectivity index (χ4n) is 1.87. The van der Waals surface area contributed by atoms with E-state index in [1.54, 1.807) is 12.1 Å². The zero-order valence-electron chi connectivity index (χ0n) is 10.8. The van der Waals surface area contributed by atoms with E-state index < -0.39 is 0 Å². The van der Waals surface area contributed by atoms with E-state index in [9.17, 15) is 4.39 Å². The second-order valence-corrected chi connectivity index (χ2v) is 5.82. The Hall–Kier alpha value is -1.10. The van der Waals surface area contributed by atoms with E-state index in [2.05, 4.69) is 15.9 Å². The van der Waals surface area contributed by atoms with Crippen molar-refractivity contribution in [3.8, 4) is 5.75 Å². The minimum absolute atomic E-state index is 0.245. The van der Waals surface area contributed by atoms with Crippen molar-refractivity contribution in [3.63, 3.8) is 0 Å². The van der Waals surface area contributed by atoms with E-state index in [0.29, 0.717) is 15.2 Å². The van der Waals surface area contributed by atoms with Crippen LogP contribution >= 0.6 is 27.5 Å². The molecule has 0 bridgehead atoms. The highest BCUT2D eigenvalue weighted by atomic mass is 79.9. The second kappa shape index (κ2) is 6.57. The van der Waals surface area contributed by atoms with Gasteiger partial charge >= 0.3 is 0 Å². The summed E-state index contributed by atoms with van der Waals surface area (Å²) >= 11 is 9.27. The van der Waals surface area contributed by atoms with Crippen LogP contribution in [0.2, 0.25) is 5.02 Å². The largest absolute Gasteiger partial charge is 0.483 e. The summed E-state index contributed by atoms with van der Waals surface area (Å²) < 4.78 is 19.5. The molecule has 2 nitrogen and oxygen atoms in total. The molecule has 0 radical (unpaired) electrons. The van der Waals surface area contributed by atoms with E-state index in [1.807, 2.05) is 25.1 Å². The number of hydrogen-bond acceptors (Lipinski definition) is 2. The summed E-state index contributed by atoms with van der Waals surface area (Å²) in [5.74, 6) is 0.206. The molecule has 0 aliphatic rings. The summed E-state index contributed by atoms with van der Waals surface area (Å²) in [7, 11) is 0. The third-order valence-electron chi connectivity index (χ3n) is 2.80. The summed E-state index contributed by atoms with van der Waals surface area (Å²) in [6.07, 6.45) is -0.365. The molecule has 0 saturated carbocycles. The zero-order valence-corrected chi connectivity index (χ0v) is 13.2. The van der Waals surface area contributed by atoms with E-state index >= 15 is 0 Å². The first-order valence-electron chi connectivity index (χ1n) is 6.10. The third-order valence-corrected chi connectivity index (χ3v) is 3.66. The minimum atomic E-state index is -0.365. The maximum atomic E-state index is 13.1. The number of nitrogens with two attached hydrogens (primary N) is 1. The Morgan fingerprint density at radius 1 is 1.25 bits per heavy atom. The lowest BCUT2D eigenvalue weighted by Crippen LogP contribution is -2.29. The van der Waals surface area contributed by atoms with Crippen molar-refractivity contribution in [3.05, 3.63) is 63.3 Å². The molecule has 0 aromatic heterocycles. The van der Waals surface area contributed by atoms with Crippen LogP contribution in [-0.4, -0.2) is 6.04 Å². The first-order valence-corrected chi connectivity index (χ1v) is 7.27. The highest BCUT2D eigenvalue weighted by Crippen LogP contribution is 2.31. The van der Waals surface area contributed by atoms with Crippen molar-refractivity contribution in [2.75, 3.05) is 0 Å². The Kier molecular flexibility index (Phi) is 5.02. The maximum absolute atomic E-state index is 13.1. The van der Waals surface area contributed by atoms with Crippen LogP contribution in [-0.2, 0) is 0 Å². The topological polar surface area (TPSA) is 35.2 Å². The van der Waals surface area contributed by atoms with Crippen molar-refractivity contribution in [2.24, 2.45) is 5.73 Å². The lowest BCUT2D eigenvalue weighted by Gasteiger charge is -2.23. The van der Waals surface area contributed by atoms with Crippen molar-refractivity contribution in [2.45, 2.75) is 19.1 Å². The molecule has 2 atom stereocenters. The van der Waals surface area contributed by atoms with Crippen LogP contribution in [0.1, 0.15) is 18.6 Å². The third kappa shape index (κ3) is 3.72. The summed E-state index contributed by atoms with van der Waals surface area (Å²) in [5, 5.41) is 0.620. The van der Waals surface area contributed by atoms with Gasteiger partial charge in [-0.1, -0.05) is 23.7 Å². The van der Waals surface area contributed by atoms with Crippen LogP contribution < -0.4 is 10.5 Å². The molecule has 5 heteroatoms. The van der Waals surface area contributed by atoms with Crippen LogP contribution in [0.15, 0.2) is 46.9 Å². The average Bonchev–Trinajstić information content (AvgIpc) is 2.37. The number of benzene rings is 2. The van der Waals surface area contributed by atoms with Gasteiger partial charge < -0.3 is 10.5 Å². The summed E-state index contributed by atoms with van der Waals surface area (Å²) in [4.78, 5) is 0. The van der Waals surface area contributed by atoms with Gasteiger partial charge in [0.25, 0.3) is 0 Å². The fraction of sp³-hybridized carbons (Fsp3) is 0.200. The van der Waals surface area contributed by atoms with Gasteiger partial charge in [-0.3, -0.25) is 0 Å². The molecule has 0 fully saturated rings. The predicted octanol–water partition coefficient (Wildman–Crippen LogP) is 4.71. The fourth-order valence-corrected chi connectivity index (χ4v) is 2.51. The summed E-state index contributed by atoms with van der Waals surface area (Å²) in [5.41, 5.74) is 6.87. The smallest absolute Gasteiger partial charge is 0.139 e. The van der Waals surface area contributed by atoms with Crippen molar-refractivity contribution in [1.29, 1.82) is 0 Å². The molecule has 0 aliphatic carbocycles. The van der Waals surface area contributed by atoms with E-state index in [-0.39, 0.29) is 18.0 Å². The molecule has 0 heterocycles. The lowest BCUT2D eigenvalue weighted by atomic mass is 10.0. The molecule has 2 unspecified atom stereocenters. The monoisotopic (exact) mass is 357 g/mol. The summed E-state index contributed by atoms with van der Waals surface area (Å²) in [6, 6.07) is 11.4. The van der Waals surface area contributed by atoms with Gasteiger partial charge in [0.15, 0.2) is 0 Å². The molecule has 2 rings (SSSR count). The molecule has 2 aromatic rings. The molecular formula is C15H14BrClFNO. The van der Waals surface area contributed by atoms with Crippen LogP contribution in [0, 0.1) is 5.82 Å². The minimum Gasteiger partial charge on any atom is -0.483 e. The Bertz CT molecular complexity index is 606. The zero-order chi connectivity index (χ0) is 14.7. The molecule has 2 N–H and O–H groups in total. The Labute approximate surface area is 130 Å². The molecular weight excluding hydrogens is 345 g/mol. The Morgan fingerprint density at radius 2 is 2.00 bits per heavy atom. The predicted molar refractivity (Wildman–Crippen MR) is 82.6 cm³/mol. The van der Waals surface area contributed by atoms with Gasteiger partial charge in [0.1, 0.15) is 17.7 Å². The molecule has 20 heavy (non-hydrogen) atoms. The van der Waals surface area contributed by atoms with Gasteiger partial charge in [0.05, 0.1) is 4.47 Å². The average molecular weight is 359 g/mol. The highest BCUT2D eigenvalue weighted by molar-refractivity contribution is 9.10. The number of ether oxygens (including phenoxy) is 1. The van der Waals surface area contributed by atoms with Crippen LogP contribution in [0.3, 0.4) is 0 Å². The van der Waals surface area contributed by atoms with Crippen LogP contribution in [0.5, 0.6) is 5.75 Å². The number of rotatable bonds is 4. The molecule has 0 spiro atoms. The molecule has 0 aliphatic heterocycles. The summed E-state index contributed by atoms with van der Waals surface area (Å²) in [6.45, 7) is 1.85. The first kappa shape index (κ1) is 15.3. The Balaban J connectivity index is 2.30. The van der Waals surface area contributed by atoms with Gasteiger partial charge in [-0.05, 0) is 58.7 Å². The van der Waals surface area contributed by atoms with Gasteiger partial charge in [0, 0.05) is 11.1 Å². The lowest BCUT2D eigenvalue weighted by molar-refractivity contribution is 0.179. The van der Waals surface area contributed by atoms with E-state index in [1.165, 1.54) is 12.1 Å². The maximum Gasteiger partial charge on any atom is 0.139 e. The molecule has 0 saturated heterocycles. The van der Waals surface area contributed by atoms with Gasteiger partial charge in [-0.25, -0.2) is 4.39 Å². The van der Waals surface area contributed by atoms with Crippen LogP contribution in [0.25, 0.3) is 0 Å². The van der Waals surface area contributed by atoms with Crippen molar-refractivity contribution >= 4 is 27.5 Å². The van der Waals surface area contributed by atoms with Gasteiger partial charge in [-0.2, -0.15) is 0 Å². The van der Waals surface area contributed by atoms with Gasteiger partial charge in [-0.15, -0.1) is 0 Å². The standard InChI is InChI=1S/C15H14BrClFNO/c1-9(19)15(10-3-2-4-11(17)7-10)20-14-6-5-12(18)8-13(14)16/h2-9,15H,19H2,1H3. The number of hydrogen-bond donors (Lipinski definition) is 1. The van der Waals surface area contributed by atoms with Crippen molar-refractivity contribution in [1.82, 2.24) is 0 Å². The Morgan fingerprint density at radius 3 is 2.60 bits per heavy atom. The quantitative estimate of drug-likeness (QED) is 0.859. The SMILES string of the molecule is CC(N)C(Oc1ccc(F)cc1Br)c1cccc(Cl)c1. The molecule has 106 valence electrons. The first-order chi connectivity index (χ1) is 9.47. The second-order valence-electron chi connectivity index (χ2n) is 4.53. The van der Waals surface area contributed by atoms with E-state index in [4.69, 9.17) is 22.1 Å². The van der Waals surface area contributed by atoms with Crippen molar-refractivity contribution < 1.29 is 9.13 Å². The van der Waals surface area contributed by atoms with Gasteiger partial charge in [0.2, 0.25) is 0 Å². The van der Waals surface area contributed by atoms with E-state index in [0.717, 1.165) is 5.56 Å². The molecule has 0 amide bonds. The normalized spacial score (nSPS) is 13.8. The van der Waals surface area contributed by atoms with Crippen LogP contribution in [0.4, 0.5) is 4.39 Å². The highest BCUT2D eigenvalue weighted by Gasteiger charge is 2.19. The number of halogens is 3.